The van der Waals surface area contributed by atoms with Gasteiger partial charge in [-0.25, -0.2) is 0 Å². The molecule has 2 aromatic carbocycles. The molecule has 0 bridgehead atoms. The van der Waals surface area contributed by atoms with Gasteiger partial charge in [-0.1, -0.05) is 70.2 Å². The second-order valence-electron chi connectivity index (χ2n) is 8.25. The van der Waals surface area contributed by atoms with Gasteiger partial charge in [-0.05, 0) is 64.8 Å². The van der Waals surface area contributed by atoms with Crippen LogP contribution in [0.4, 0.5) is 0 Å². The van der Waals surface area contributed by atoms with E-state index in [4.69, 9.17) is 0 Å². The molecule has 0 nitrogen and oxygen atoms in total. The average molecular weight is 321 g/mol. The summed E-state index contributed by atoms with van der Waals surface area (Å²) in [5.41, 5.74) is 8.06. The molecule has 0 N–H and O–H groups in total. The van der Waals surface area contributed by atoms with Crippen molar-refractivity contribution >= 4 is 0 Å². The monoisotopic (exact) mass is 320 g/mol. The van der Waals surface area contributed by atoms with Crippen LogP contribution in [0.3, 0.4) is 0 Å². The molecule has 0 heteroatoms. The predicted molar refractivity (Wildman–Crippen MR) is 107 cm³/mol. The molecule has 0 amide bonds. The maximum atomic E-state index is 3.00. The van der Waals surface area contributed by atoms with Gasteiger partial charge in [0.25, 0.3) is 0 Å². The third kappa shape index (κ3) is 3.64. The molecule has 0 fully saturated rings. The molecule has 0 aromatic heterocycles. The highest BCUT2D eigenvalue weighted by Crippen LogP contribution is 2.46. The third-order valence-corrected chi connectivity index (χ3v) is 5.55. The van der Waals surface area contributed by atoms with Gasteiger partial charge in [0, 0.05) is 0 Å². The van der Waals surface area contributed by atoms with Crippen molar-refractivity contribution in [2.45, 2.75) is 64.7 Å². The number of benzene rings is 2. The van der Waals surface area contributed by atoms with E-state index < -0.39 is 0 Å². The Kier molecular flexibility index (Phi) is 5.38. The van der Waals surface area contributed by atoms with Gasteiger partial charge in [0.2, 0.25) is 0 Å². The molecule has 0 radical (unpaired) electrons. The lowest BCUT2D eigenvalue weighted by Crippen LogP contribution is -2.34. The molecule has 0 saturated heterocycles. The van der Waals surface area contributed by atoms with Crippen LogP contribution < -0.4 is 0 Å². The zero-order valence-corrected chi connectivity index (χ0v) is 16.1. The van der Waals surface area contributed by atoms with Crippen LogP contribution in [0.1, 0.15) is 68.4 Å². The average Bonchev–Trinajstić information content (AvgIpc) is 2.56. The van der Waals surface area contributed by atoms with E-state index in [1.807, 2.05) is 0 Å². The van der Waals surface area contributed by atoms with E-state index in [0.29, 0.717) is 10.8 Å². The van der Waals surface area contributed by atoms with Crippen LogP contribution >= 0.6 is 0 Å². The Morgan fingerprint density at radius 2 is 1.33 bits per heavy atom. The Balaban J connectivity index is 0.00000100. The molecule has 0 heterocycles. The van der Waals surface area contributed by atoms with Crippen LogP contribution in [0.15, 0.2) is 55.6 Å². The van der Waals surface area contributed by atoms with Crippen LogP contribution in [0.25, 0.3) is 0 Å². The molecule has 128 valence electrons. The highest BCUT2D eigenvalue weighted by atomic mass is 14.4. The van der Waals surface area contributed by atoms with E-state index in [0.717, 1.165) is 6.42 Å². The summed E-state index contributed by atoms with van der Waals surface area (Å²) in [5, 5.41) is 0. The van der Waals surface area contributed by atoms with Gasteiger partial charge in [0.05, 0.1) is 0 Å². The van der Waals surface area contributed by atoms with Crippen LogP contribution in [0, 0.1) is 6.92 Å². The maximum absolute atomic E-state index is 3.00. The van der Waals surface area contributed by atoms with Crippen molar-refractivity contribution in [3.63, 3.8) is 0 Å². The number of rotatable bonds is 2. The summed E-state index contributed by atoms with van der Waals surface area (Å²) in [7, 11) is 0. The van der Waals surface area contributed by atoms with Gasteiger partial charge in [-0.15, -0.1) is 13.2 Å². The summed E-state index contributed by atoms with van der Waals surface area (Å²) in [4.78, 5) is 0. The quantitative estimate of drug-likeness (QED) is 0.538. The molecular formula is C24H32. The van der Waals surface area contributed by atoms with Crippen molar-refractivity contribution in [1.82, 2.24) is 0 Å². The smallest absolute Gasteiger partial charge is 0.00230 e. The fourth-order valence-corrected chi connectivity index (χ4v) is 3.77. The fourth-order valence-electron chi connectivity index (χ4n) is 3.77. The summed E-state index contributed by atoms with van der Waals surface area (Å²) in [6.45, 7) is 17.9. The van der Waals surface area contributed by atoms with Crippen LogP contribution in [0.5, 0.6) is 0 Å². The molecule has 24 heavy (non-hydrogen) atoms. The van der Waals surface area contributed by atoms with Crippen LogP contribution in [0.2, 0.25) is 0 Å². The molecule has 3 rings (SSSR count). The van der Waals surface area contributed by atoms with E-state index in [9.17, 15) is 0 Å². The lowest BCUT2D eigenvalue weighted by atomic mass is 9.62. The van der Waals surface area contributed by atoms with Gasteiger partial charge in [0.1, 0.15) is 0 Å². The Labute approximate surface area is 148 Å². The van der Waals surface area contributed by atoms with Crippen molar-refractivity contribution in [3.05, 3.63) is 83.4 Å². The summed E-state index contributed by atoms with van der Waals surface area (Å²) in [6.07, 6.45) is 3.60. The zero-order valence-electron chi connectivity index (χ0n) is 16.1. The number of fused-ring (bicyclic) bond motifs is 1. The van der Waals surface area contributed by atoms with Gasteiger partial charge >= 0.3 is 0 Å². The van der Waals surface area contributed by atoms with Crippen molar-refractivity contribution in [1.29, 1.82) is 0 Å². The Bertz CT molecular complexity index is 689. The van der Waals surface area contributed by atoms with E-state index in [1.54, 1.807) is 11.1 Å². The van der Waals surface area contributed by atoms with Gasteiger partial charge in [0.15, 0.2) is 0 Å². The first-order chi connectivity index (χ1) is 11.3. The highest BCUT2D eigenvalue weighted by Gasteiger charge is 2.37. The van der Waals surface area contributed by atoms with E-state index in [-0.39, 0.29) is 0 Å². The van der Waals surface area contributed by atoms with E-state index in [2.05, 4.69) is 90.2 Å². The zero-order chi connectivity index (χ0) is 18.0. The van der Waals surface area contributed by atoms with Crippen molar-refractivity contribution < 1.29 is 0 Å². The lowest BCUT2D eigenvalue weighted by molar-refractivity contribution is 0.331. The lowest BCUT2D eigenvalue weighted by Gasteiger charge is -2.42. The van der Waals surface area contributed by atoms with Gasteiger partial charge in [-0.3, -0.25) is 0 Å². The second-order valence-corrected chi connectivity index (χ2v) is 8.25. The largest absolute Gasteiger partial charge is 0.106 e. The first-order valence-corrected chi connectivity index (χ1v) is 8.98. The van der Waals surface area contributed by atoms with Crippen LogP contribution in [-0.2, 0) is 17.3 Å². The fraction of sp³-hybridized carbons (Fsp3) is 0.417. The standard InChI is InChI=1S/C22H28.C2H4/c1-16-13-19-20(22(4,5)12-11-21(19,2)3)15-18(16)14-17-9-7-6-8-10-17;1-2/h6-10,13,15H,11-12,14H2,1-5H3;1-2H2. The van der Waals surface area contributed by atoms with E-state index in [1.165, 1.54) is 29.5 Å². The third-order valence-electron chi connectivity index (χ3n) is 5.55. The summed E-state index contributed by atoms with van der Waals surface area (Å²) >= 11 is 0. The number of hydrogen-bond acceptors (Lipinski definition) is 0. The Hall–Kier alpha value is -1.82. The maximum Gasteiger partial charge on any atom is -0.00230 e. The van der Waals surface area contributed by atoms with E-state index >= 15 is 0 Å². The van der Waals surface area contributed by atoms with Crippen molar-refractivity contribution in [2.75, 3.05) is 0 Å². The molecule has 0 spiro atoms. The summed E-state index contributed by atoms with van der Waals surface area (Å²) < 4.78 is 0. The predicted octanol–water partition coefficient (Wildman–Crippen LogP) is 6.74. The molecular weight excluding hydrogens is 288 g/mol. The molecule has 0 atom stereocenters. The molecule has 0 saturated carbocycles. The Morgan fingerprint density at radius 1 is 0.833 bits per heavy atom. The van der Waals surface area contributed by atoms with Gasteiger partial charge in [-0.2, -0.15) is 0 Å². The molecule has 2 aromatic rings. The minimum atomic E-state index is 0.296. The van der Waals surface area contributed by atoms with Crippen LogP contribution in [-0.4, -0.2) is 0 Å². The first-order valence-electron chi connectivity index (χ1n) is 8.98. The van der Waals surface area contributed by atoms with Crippen molar-refractivity contribution in [2.24, 2.45) is 0 Å². The summed E-state index contributed by atoms with van der Waals surface area (Å²) in [6, 6.07) is 15.8. The molecule has 1 aliphatic rings. The number of aryl methyl sites for hydroxylation is 1. The Morgan fingerprint density at radius 3 is 1.88 bits per heavy atom. The molecule has 0 unspecified atom stereocenters. The summed E-state index contributed by atoms with van der Waals surface area (Å²) in [5.74, 6) is 0. The van der Waals surface area contributed by atoms with Crippen molar-refractivity contribution in [3.8, 4) is 0 Å². The first kappa shape index (κ1) is 18.5. The highest BCUT2D eigenvalue weighted by molar-refractivity contribution is 5.48. The normalized spacial score (nSPS) is 17.4. The SMILES string of the molecule is C=C.Cc1cc2c(cc1Cc1ccccc1)C(C)(C)CCC2(C)C. The molecule has 0 aliphatic heterocycles. The van der Waals surface area contributed by atoms with Gasteiger partial charge < -0.3 is 0 Å². The minimum Gasteiger partial charge on any atom is -0.106 e. The molecule has 1 aliphatic carbocycles. The topological polar surface area (TPSA) is 0 Å². The second kappa shape index (κ2) is 6.97. The number of hydrogen-bond donors (Lipinski definition) is 0. The minimum absolute atomic E-state index is 0.296.